The van der Waals surface area contributed by atoms with Crippen LogP contribution in [0.25, 0.3) is 0 Å². The van der Waals surface area contributed by atoms with Gasteiger partial charge in [-0.2, -0.15) is 5.26 Å². The second-order valence-electron chi connectivity index (χ2n) is 5.35. The maximum absolute atomic E-state index is 8.95. The average Bonchev–Trinajstić information content (AvgIpc) is 2.95. The third-order valence-electron chi connectivity index (χ3n) is 4.04. The maximum atomic E-state index is 8.95. The van der Waals surface area contributed by atoms with E-state index in [2.05, 4.69) is 29.6 Å². The van der Waals surface area contributed by atoms with E-state index in [1.165, 1.54) is 11.1 Å². The first-order chi connectivity index (χ1) is 10.3. The van der Waals surface area contributed by atoms with Crippen molar-refractivity contribution in [3.05, 3.63) is 64.7 Å². The van der Waals surface area contributed by atoms with Gasteiger partial charge in [-0.15, -0.1) is 0 Å². The maximum Gasteiger partial charge on any atom is 0.119 e. The predicted octanol–water partition coefficient (Wildman–Crippen LogP) is 3.34. The Kier molecular flexibility index (Phi) is 3.89. The fourth-order valence-corrected chi connectivity index (χ4v) is 2.91. The molecule has 0 aromatic heterocycles. The molecular weight excluding hydrogens is 260 g/mol. The molecule has 0 heterocycles. The quantitative estimate of drug-likeness (QED) is 0.933. The van der Waals surface area contributed by atoms with Crippen molar-refractivity contribution in [2.75, 3.05) is 7.11 Å². The molecule has 1 aliphatic carbocycles. The van der Waals surface area contributed by atoms with Gasteiger partial charge in [0.2, 0.25) is 0 Å². The molecule has 1 N–H and O–H groups in total. The number of nitrogens with one attached hydrogen (secondary N) is 1. The predicted molar refractivity (Wildman–Crippen MR) is 82.1 cm³/mol. The molecule has 2 aromatic carbocycles. The Morgan fingerprint density at radius 2 is 2.19 bits per heavy atom. The highest BCUT2D eigenvalue weighted by molar-refractivity contribution is 5.41. The van der Waals surface area contributed by atoms with E-state index in [0.29, 0.717) is 11.6 Å². The van der Waals surface area contributed by atoms with Gasteiger partial charge in [0, 0.05) is 12.6 Å². The second-order valence-corrected chi connectivity index (χ2v) is 5.35. The number of hydrogen-bond donors (Lipinski definition) is 1. The summed E-state index contributed by atoms with van der Waals surface area (Å²) in [6.07, 6.45) is 2.22. The normalized spacial score (nSPS) is 16.3. The Morgan fingerprint density at radius 3 is 3.00 bits per heavy atom. The van der Waals surface area contributed by atoms with E-state index in [4.69, 9.17) is 10.00 Å². The van der Waals surface area contributed by atoms with Crippen LogP contribution < -0.4 is 10.1 Å². The van der Waals surface area contributed by atoms with Crippen LogP contribution >= 0.6 is 0 Å². The third kappa shape index (κ3) is 2.91. The molecule has 3 heteroatoms. The fraction of sp³-hybridized carbons (Fsp3) is 0.278. The smallest absolute Gasteiger partial charge is 0.119 e. The SMILES string of the molecule is COc1ccc2c(c1)C(NCc1cccc(C#N)c1)CC2. The molecule has 0 saturated carbocycles. The van der Waals surface area contributed by atoms with Crippen molar-refractivity contribution in [3.63, 3.8) is 0 Å². The van der Waals surface area contributed by atoms with Crippen LogP contribution in [0.5, 0.6) is 5.75 Å². The molecule has 0 fully saturated rings. The highest BCUT2D eigenvalue weighted by Crippen LogP contribution is 2.33. The molecule has 2 aromatic rings. The van der Waals surface area contributed by atoms with E-state index in [0.717, 1.165) is 30.7 Å². The van der Waals surface area contributed by atoms with Crippen molar-refractivity contribution in [3.8, 4) is 11.8 Å². The van der Waals surface area contributed by atoms with E-state index in [1.807, 2.05) is 24.3 Å². The summed E-state index contributed by atoms with van der Waals surface area (Å²) < 4.78 is 5.32. The number of ether oxygens (including phenoxy) is 1. The van der Waals surface area contributed by atoms with Crippen LogP contribution in [0.15, 0.2) is 42.5 Å². The summed E-state index contributed by atoms with van der Waals surface area (Å²) in [6.45, 7) is 0.775. The number of methoxy groups -OCH3 is 1. The number of benzene rings is 2. The first kappa shape index (κ1) is 13.7. The third-order valence-corrected chi connectivity index (χ3v) is 4.04. The topological polar surface area (TPSA) is 45.0 Å². The lowest BCUT2D eigenvalue weighted by molar-refractivity contribution is 0.413. The van der Waals surface area contributed by atoms with Gasteiger partial charge in [-0.05, 0) is 53.8 Å². The van der Waals surface area contributed by atoms with Crippen LogP contribution in [-0.2, 0) is 13.0 Å². The summed E-state index contributed by atoms with van der Waals surface area (Å²) in [5, 5.41) is 12.5. The molecule has 0 radical (unpaired) electrons. The first-order valence-electron chi connectivity index (χ1n) is 7.19. The summed E-state index contributed by atoms with van der Waals surface area (Å²) in [6, 6.07) is 16.6. The lowest BCUT2D eigenvalue weighted by atomic mass is 10.1. The minimum absolute atomic E-state index is 0.362. The summed E-state index contributed by atoms with van der Waals surface area (Å²) >= 11 is 0. The van der Waals surface area contributed by atoms with Crippen LogP contribution in [0.4, 0.5) is 0 Å². The lowest BCUT2D eigenvalue weighted by Gasteiger charge is -2.15. The van der Waals surface area contributed by atoms with Crippen LogP contribution in [0.2, 0.25) is 0 Å². The van der Waals surface area contributed by atoms with Crippen molar-refractivity contribution >= 4 is 0 Å². The molecule has 0 bridgehead atoms. The van der Waals surface area contributed by atoms with Crippen LogP contribution in [0.3, 0.4) is 0 Å². The van der Waals surface area contributed by atoms with Gasteiger partial charge in [0.25, 0.3) is 0 Å². The molecule has 0 spiro atoms. The van der Waals surface area contributed by atoms with Gasteiger partial charge >= 0.3 is 0 Å². The molecule has 1 aliphatic rings. The van der Waals surface area contributed by atoms with Gasteiger partial charge in [-0.1, -0.05) is 18.2 Å². The van der Waals surface area contributed by atoms with Gasteiger partial charge in [0.05, 0.1) is 18.7 Å². The number of hydrogen-bond acceptors (Lipinski definition) is 3. The van der Waals surface area contributed by atoms with Gasteiger partial charge in [0.15, 0.2) is 0 Å². The van der Waals surface area contributed by atoms with Crippen molar-refractivity contribution in [1.82, 2.24) is 5.32 Å². The van der Waals surface area contributed by atoms with Gasteiger partial charge in [-0.3, -0.25) is 0 Å². The van der Waals surface area contributed by atoms with E-state index in [1.54, 1.807) is 7.11 Å². The monoisotopic (exact) mass is 278 g/mol. The zero-order chi connectivity index (χ0) is 14.7. The minimum atomic E-state index is 0.362. The Bertz CT molecular complexity index is 688. The van der Waals surface area contributed by atoms with Crippen molar-refractivity contribution in [2.45, 2.75) is 25.4 Å². The lowest BCUT2D eigenvalue weighted by Crippen LogP contribution is -2.18. The second kappa shape index (κ2) is 5.99. The van der Waals surface area contributed by atoms with E-state index < -0.39 is 0 Å². The zero-order valence-electron chi connectivity index (χ0n) is 12.1. The Morgan fingerprint density at radius 1 is 1.29 bits per heavy atom. The molecule has 0 amide bonds. The number of nitrogens with zero attached hydrogens (tertiary/aromatic N) is 1. The van der Waals surface area contributed by atoms with Gasteiger partial charge in [-0.25, -0.2) is 0 Å². The van der Waals surface area contributed by atoms with Crippen molar-refractivity contribution < 1.29 is 4.74 Å². The summed E-state index contributed by atoms with van der Waals surface area (Å²) in [5.41, 5.74) is 4.60. The number of aryl methyl sites for hydroxylation is 1. The molecule has 0 aliphatic heterocycles. The molecular formula is C18H18N2O. The summed E-state index contributed by atoms with van der Waals surface area (Å²) in [7, 11) is 1.70. The van der Waals surface area contributed by atoms with Crippen LogP contribution in [-0.4, -0.2) is 7.11 Å². The molecule has 106 valence electrons. The molecule has 21 heavy (non-hydrogen) atoms. The largest absolute Gasteiger partial charge is 0.497 e. The highest BCUT2D eigenvalue weighted by atomic mass is 16.5. The molecule has 0 saturated heterocycles. The fourth-order valence-electron chi connectivity index (χ4n) is 2.91. The van der Waals surface area contributed by atoms with E-state index in [-0.39, 0.29) is 0 Å². The van der Waals surface area contributed by atoms with Gasteiger partial charge in [0.1, 0.15) is 5.75 Å². The first-order valence-corrected chi connectivity index (χ1v) is 7.19. The highest BCUT2D eigenvalue weighted by Gasteiger charge is 2.22. The van der Waals surface area contributed by atoms with Crippen molar-refractivity contribution in [1.29, 1.82) is 5.26 Å². The molecule has 3 nitrogen and oxygen atoms in total. The Balaban J connectivity index is 1.72. The van der Waals surface area contributed by atoms with Crippen LogP contribution in [0, 0.1) is 11.3 Å². The minimum Gasteiger partial charge on any atom is -0.497 e. The number of rotatable bonds is 4. The van der Waals surface area contributed by atoms with Crippen LogP contribution in [0.1, 0.15) is 34.7 Å². The standard InChI is InChI=1S/C18H18N2O/c1-21-16-7-5-15-6-8-18(17(15)10-16)20-12-14-4-2-3-13(9-14)11-19/h2-5,7,9-10,18,20H,6,8,12H2,1H3. The molecule has 3 rings (SSSR count). The summed E-state index contributed by atoms with van der Waals surface area (Å²) in [4.78, 5) is 0. The molecule has 1 atom stereocenters. The van der Waals surface area contributed by atoms with Gasteiger partial charge < -0.3 is 10.1 Å². The Hall–Kier alpha value is -2.31. The Labute approximate surface area is 125 Å². The van der Waals surface area contributed by atoms with E-state index in [9.17, 15) is 0 Å². The number of fused-ring (bicyclic) bond motifs is 1. The average molecular weight is 278 g/mol. The van der Waals surface area contributed by atoms with Crippen molar-refractivity contribution in [2.24, 2.45) is 0 Å². The molecule has 1 unspecified atom stereocenters. The van der Waals surface area contributed by atoms with E-state index >= 15 is 0 Å². The zero-order valence-corrected chi connectivity index (χ0v) is 12.1. The summed E-state index contributed by atoms with van der Waals surface area (Å²) in [5.74, 6) is 0.911. The number of nitriles is 1.